The smallest absolute Gasteiger partial charge is 0.324 e. The maximum Gasteiger partial charge on any atom is 0.324 e. The first kappa shape index (κ1) is 18.6. The van der Waals surface area contributed by atoms with Crippen LogP contribution in [0.3, 0.4) is 0 Å². The number of nitrogens with one attached hydrogen (secondary N) is 2. The predicted molar refractivity (Wildman–Crippen MR) is 87.7 cm³/mol. The van der Waals surface area contributed by atoms with Gasteiger partial charge in [-0.1, -0.05) is 0 Å². The number of likely N-dealkylation sites (tertiary alicyclic amines) is 1. The van der Waals surface area contributed by atoms with Gasteiger partial charge in [0.2, 0.25) is 17.7 Å². The van der Waals surface area contributed by atoms with Crippen molar-refractivity contribution in [1.82, 2.24) is 20.4 Å². The van der Waals surface area contributed by atoms with Crippen molar-refractivity contribution in [3.8, 4) is 0 Å². The van der Waals surface area contributed by atoms with Crippen LogP contribution in [0.1, 0.15) is 32.1 Å². The Morgan fingerprint density at radius 3 is 2.62 bits per heavy atom. The third-order valence-corrected chi connectivity index (χ3v) is 5.23. The number of amides is 5. The number of β-amino-alcohol motifs (C(OH)–C–C–N with tert-alkyl or cyclic N) is 1. The standard InChI is InChI=1S/C16H24N4O6/c21-11-8-20(14(24)6-16(26)3-1-4-16)7-10(11)17-13(23)9-19-5-2-12(22)18-15(19)25/h10-11,21,26H,1-9H2,(H,17,23)(H,18,22,25)/t10-,11-/m1/s1. The van der Waals surface area contributed by atoms with Gasteiger partial charge >= 0.3 is 6.03 Å². The van der Waals surface area contributed by atoms with Crippen molar-refractivity contribution >= 4 is 23.8 Å². The number of carbonyl (C=O) groups is 4. The van der Waals surface area contributed by atoms with Crippen molar-refractivity contribution in [2.45, 2.75) is 49.9 Å². The first-order chi connectivity index (χ1) is 12.3. The van der Waals surface area contributed by atoms with Crippen LogP contribution >= 0.6 is 0 Å². The molecule has 0 aromatic carbocycles. The Kier molecular flexibility index (Phi) is 5.15. The molecular formula is C16H24N4O6. The molecule has 10 nitrogen and oxygen atoms in total. The van der Waals surface area contributed by atoms with Gasteiger partial charge in [0.1, 0.15) is 6.54 Å². The van der Waals surface area contributed by atoms with Gasteiger partial charge in [0.05, 0.1) is 24.2 Å². The van der Waals surface area contributed by atoms with Gasteiger partial charge in [-0.2, -0.15) is 0 Å². The summed E-state index contributed by atoms with van der Waals surface area (Å²) in [5.41, 5.74) is -0.928. The van der Waals surface area contributed by atoms with Crippen LogP contribution in [0.5, 0.6) is 0 Å². The van der Waals surface area contributed by atoms with E-state index in [0.717, 1.165) is 6.42 Å². The average molecular weight is 368 g/mol. The second-order valence-electron chi connectivity index (χ2n) is 7.32. The molecule has 2 atom stereocenters. The molecule has 2 saturated heterocycles. The van der Waals surface area contributed by atoms with E-state index in [1.807, 2.05) is 0 Å². The van der Waals surface area contributed by atoms with Crippen LogP contribution in [0.15, 0.2) is 0 Å². The van der Waals surface area contributed by atoms with Crippen molar-refractivity contribution < 1.29 is 29.4 Å². The van der Waals surface area contributed by atoms with E-state index < -0.39 is 29.7 Å². The highest BCUT2D eigenvalue weighted by Gasteiger charge is 2.41. The van der Waals surface area contributed by atoms with Crippen LogP contribution in [0.25, 0.3) is 0 Å². The Labute approximate surface area is 150 Å². The monoisotopic (exact) mass is 368 g/mol. The van der Waals surface area contributed by atoms with Crippen molar-refractivity contribution in [2.24, 2.45) is 0 Å². The Bertz CT molecular complexity index is 620. The molecule has 3 fully saturated rings. The molecule has 3 rings (SSSR count). The second-order valence-corrected chi connectivity index (χ2v) is 7.32. The van der Waals surface area contributed by atoms with Gasteiger partial charge in [-0.15, -0.1) is 0 Å². The molecule has 10 heteroatoms. The van der Waals surface area contributed by atoms with Gasteiger partial charge in [-0.05, 0) is 19.3 Å². The number of hydrogen-bond acceptors (Lipinski definition) is 6. The summed E-state index contributed by atoms with van der Waals surface area (Å²) in [4.78, 5) is 49.8. The minimum Gasteiger partial charge on any atom is -0.389 e. The summed E-state index contributed by atoms with van der Waals surface area (Å²) in [5, 5.41) is 25.0. The number of imide groups is 1. The van der Waals surface area contributed by atoms with Gasteiger partial charge in [-0.3, -0.25) is 19.7 Å². The van der Waals surface area contributed by atoms with E-state index in [0.29, 0.717) is 12.8 Å². The summed E-state index contributed by atoms with van der Waals surface area (Å²) in [7, 11) is 0. The van der Waals surface area contributed by atoms with Crippen LogP contribution in [0.2, 0.25) is 0 Å². The zero-order valence-corrected chi connectivity index (χ0v) is 14.4. The summed E-state index contributed by atoms with van der Waals surface area (Å²) in [6.45, 7) is 0.190. The fourth-order valence-electron chi connectivity index (χ4n) is 3.46. The molecule has 3 aliphatic rings. The number of nitrogens with zero attached hydrogens (tertiary/aromatic N) is 2. The predicted octanol–water partition coefficient (Wildman–Crippen LogP) is -2.08. The number of aliphatic hydroxyl groups excluding tert-OH is 1. The Morgan fingerprint density at radius 1 is 1.27 bits per heavy atom. The van der Waals surface area contributed by atoms with Crippen LogP contribution < -0.4 is 10.6 Å². The first-order valence-corrected chi connectivity index (χ1v) is 8.82. The zero-order valence-electron chi connectivity index (χ0n) is 14.4. The zero-order chi connectivity index (χ0) is 18.9. The normalized spacial score (nSPS) is 27.8. The van der Waals surface area contributed by atoms with Crippen molar-refractivity contribution in [2.75, 3.05) is 26.2 Å². The molecule has 2 aliphatic heterocycles. The highest BCUT2D eigenvalue weighted by molar-refractivity contribution is 5.98. The highest BCUT2D eigenvalue weighted by Crippen LogP contribution is 2.35. The van der Waals surface area contributed by atoms with Crippen LogP contribution in [-0.2, 0) is 14.4 Å². The third kappa shape index (κ3) is 4.13. The molecule has 5 amide bonds. The Balaban J connectivity index is 1.47. The molecule has 144 valence electrons. The Morgan fingerprint density at radius 2 is 2.00 bits per heavy atom. The molecule has 2 heterocycles. The summed E-state index contributed by atoms with van der Waals surface area (Å²) >= 11 is 0. The van der Waals surface area contributed by atoms with Gasteiger partial charge in [0.15, 0.2) is 0 Å². The maximum absolute atomic E-state index is 12.3. The molecule has 1 saturated carbocycles. The molecule has 0 spiro atoms. The summed E-state index contributed by atoms with van der Waals surface area (Å²) < 4.78 is 0. The topological polar surface area (TPSA) is 139 Å². The third-order valence-electron chi connectivity index (χ3n) is 5.23. The van der Waals surface area contributed by atoms with Crippen molar-refractivity contribution in [3.63, 3.8) is 0 Å². The lowest BCUT2D eigenvalue weighted by Gasteiger charge is -2.37. The Hall–Kier alpha value is -2.20. The lowest BCUT2D eigenvalue weighted by Crippen LogP contribution is -2.54. The molecule has 1 aliphatic carbocycles. The van der Waals surface area contributed by atoms with E-state index >= 15 is 0 Å². The molecule has 0 aromatic rings. The van der Waals surface area contributed by atoms with E-state index in [-0.39, 0.29) is 50.8 Å². The maximum atomic E-state index is 12.3. The minimum atomic E-state index is -0.928. The number of hydrogen-bond donors (Lipinski definition) is 4. The lowest BCUT2D eigenvalue weighted by molar-refractivity contribution is -0.139. The molecular weight excluding hydrogens is 344 g/mol. The van der Waals surface area contributed by atoms with E-state index in [1.54, 1.807) is 0 Å². The molecule has 26 heavy (non-hydrogen) atoms. The summed E-state index contributed by atoms with van der Waals surface area (Å²) in [5.74, 6) is -1.08. The number of aliphatic hydroxyl groups is 2. The van der Waals surface area contributed by atoms with Gasteiger partial charge < -0.3 is 25.3 Å². The second kappa shape index (κ2) is 7.20. The molecule has 4 N–H and O–H groups in total. The first-order valence-electron chi connectivity index (χ1n) is 8.82. The van der Waals surface area contributed by atoms with Crippen molar-refractivity contribution in [3.05, 3.63) is 0 Å². The van der Waals surface area contributed by atoms with Gasteiger partial charge in [0, 0.05) is 26.1 Å². The number of carbonyl (C=O) groups excluding carboxylic acids is 4. The summed E-state index contributed by atoms with van der Waals surface area (Å²) in [6, 6.07) is -1.24. The summed E-state index contributed by atoms with van der Waals surface area (Å²) in [6.07, 6.45) is 1.38. The fraction of sp³-hybridized carbons (Fsp3) is 0.750. The van der Waals surface area contributed by atoms with Crippen LogP contribution in [0.4, 0.5) is 4.79 Å². The van der Waals surface area contributed by atoms with E-state index in [2.05, 4.69) is 10.6 Å². The number of rotatable bonds is 5. The SMILES string of the molecule is O=C1CCN(CC(=O)N[C@@H]2CN(C(=O)CC3(O)CCC3)C[C@H]2O)C(=O)N1. The highest BCUT2D eigenvalue weighted by atomic mass is 16.3. The lowest BCUT2D eigenvalue weighted by atomic mass is 9.77. The molecule has 0 aromatic heterocycles. The minimum absolute atomic E-state index is 0.0301. The van der Waals surface area contributed by atoms with E-state index in [1.165, 1.54) is 9.80 Å². The van der Waals surface area contributed by atoms with Crippen LogP contribution in [0, 0.1) is 0 Å². The van der Waals surface area contributed by atoms with Crippen LogP contribution in [-0.4, -0.2) is 87.7 Å². The van der Waals surface area contributed by atoms with Gasteiger partial charge in [-0.25, -0.2) is 4.79 Å². The molecule has 0 bridgehead atoms. The molecule has 0 radical (unpaired) electrons. The van der Waals surface area contributed by atoms with Crippen molar-refractivity contribution in [1.29, 1.82) is 0 Å². The largest absolute Gasteiger partial charge is 0.389 e. The van der Waals surface area contributed by atoms with E-state index in [4.69, 9.17) is 0 Å². The quantitative estimate of drug-likeness (QED) is 0.439. The fourth-order valence-corrected chi connectivity index (χ4v) is 3.46. The average Bonchev–Trinajstić information content (AvgIpc) is 2.89. The molecule has 0 unspecified atom stereocenters. The van der Waals surface area contributed by atoms with E-state index in [9.17, 15) is 29.4 Å². The number of urea groups is 1. The van der Waals surface area contributed by atoms with Gasteiger partial charge in [0.25, 0.3) is 0 Å².